The lowest BCUT2D eigenvalue weighted by Gasteiger charge is -2.27. The van der Waals surface area contributed by atoms with Crippen molar-refractivity contribution in [2.24, 2.45) is 0 Å². The van der Waals surface area contributed by atoms with Crippen LogP contribution in [0.15, 0.2) is 47.4 Å². The van der Waals surface area contributed by atoms with Gasteiger partial charge in [0.05, 0.1) is 27.8 Å². The van der Waals surface area contributed by atoms with Crippen molar-refractivity contribution in [2.45, 2.75) is 30.9 Å². The minimum Gasteiger partial charge on any atom is -0.397 e. The van der Waals surface area contributed by atoms with E-state index in [1.807, 2.05) is 30.3 Å². The molecule has 2 aromatic carbocycles. The largest absolute Gasteiger partial charge is 0.397 e. The maximum Gasteiger partial charge on any atom is 0.241 e. The van der Waals surface area contributed by atoms with Gasteiger partial charge in [-0.25, -0.2) is 13.1 Å². The molecular formula is C17H21ClN2O3S. The standard InChI is InChI=1S/C17H21ClN2O3S/c1-17(2,13-7-5-4-6-8-13)20-24(21,22)16-10-15(19)14(18)9-12(16)11-23-3/h4-10,20H,11,19H2,1-3H3. The second kappa shape index (κ2) is 7.11. The first kappa shape index (κ1) is 18.7. The highest BCUT2D eigenvalue weighted by molar-refractivity contribution is 7.89. The summed E-state index contributed by atoms with van der Waals surface area (Å²) < 4.78 is 33.6. The molecule has 0 atom stereocenters. The molecule has 0 bridgehead atoms. The molecule has 0 aliphatic rings. The minimum absolute atomic E-state index is 0.0651. The van der Waals surface area contributed by atoms with Crippen molar-refractivity contribution < 1.29 is 13.2 Å². The van der Waals surface area contributed by atoms with Crippen molar-refractivity contribution >= 4 is 27.3 Å². The van der Waals surface area contributed by atoms with E-state index in [4.69, 9.17) is 22.1 Å². The number of benzene rings is 2. The van der Waals surface area contributed by atoms with Gasteiger partial charge in [0, 0.05) is 7.11 Å². The smallest absolute Gasteiger partial charge is 0.241 e. The summed E-state index contributed by atoms with van der Waals surface area (Å²) in [4.78, 5) is 0.0651. The van der Waals surface area contributed by atoms with Crippen LogP contribution in [0.4, 0.5) is 5.69 Å². The van der Waals surface area contributed by atoms with Crippen LogP contribution in [-0.2, 0) is 26.9 Å². The monoisotopic (exact) mass is 368 g/mol. The predicted octanol–water partition coefficient (Wildman–Crippen LogP) is 3.28. The van der Waals surface area contributed by atoms with Crippen LogP contribution in [0.1, 0.15) is 25.0 Å². The molecule has 0 aliphatic heterocycles. The molecule has 0 unspecified atom stereocenters. The number of anilines is 1. The number of nitrogens with two attached hydrogens (primary N) is 1. The van der Waals surface area contributed by atoms with Gasteiger partial charge in [-0.05, 0) is 37.1 Å². The van der Waals surface area contributed by atoms with Crippen molar-refractivity contribution in [3.05, 3.63) is 58.6 Å². The highest BCUT2D eigenvalue weighted by Crippen LogP contribution is 2.29. The van der Waals surface area contributed by atoms with Crippen LogP contribution in [0.5, 0.6) is 0 Å². The Morgan fingerprint density at radius 1 is 1.21 bits per heavy atom. The molecule has 0 radical (unpaired) electrons. The van der Waals surface area contributed by atoms with E-state index in [1.54, 1.807) is 13.8 Å². The van der Waals surface area contributed by atoms with Crippen LogP contribution in [0.2, 0.25) is 5.02 Å². The number of hydrogen-bond acceptors (Lipinski definition) is 4. The van der Waals surface area contributed by atoms with Crippen molar-refractivity contribution in [2.75, 3.05) is 12.8 Å². The van der Waals surface area contributed by atoms with Crippen LogP contribution >= 0.6 is 11.6 Å². The molecule has 0 amide bonds. The fraction of sp³-hybridized carbons (Fsp3) is 0.294. The van der Waals surface area contributed by atoms with Crippen LogP contribution in [0, 0.1) is 0 Å². The third-order valence-electron chi connectivity index (χ3n) is 3.65. The number of methoxy groups -OCH3 is 1. The Labute approximate surface area is 147 Å². The summed E-state index contributed by atoms with van der Waals surface area (Å²) in [6.45, 7) is 3.71. The first-order valence-electron chi connectivity index (χ1n) is 7.34. The van der Waals surface area contributed by atoms with Crippen LogP contribution < -0.4 is 10.5 Å². The predicted molar refractivity (Wildman–Crippen MR) is 96.4 cm³/mol. The molecule has 3 N–H and O–H groups in total. The molecule has 2 aromatic rings. The SMILES string of the molecule is COCc1cc(Cl)c(N)cc1S(=O)(=O)NC(C)(C)c1ccccc1. The number of nitrogens with one attached hydrogen (secondary N) is 1. The molecule has 0 aromatic heterocycles. The Kier molecular flexibility index (Phi) is 5.55. The number of sulfonamides is 1. The summed E-state index contributed by atoms with van der Waals surface area (Å²) in [5.41, 5.74) is 6.51. The number of rotatable bonds is 6. The molecule has 130 valence electrons. The Hall–Kier alpha value is -1.60. The summed E-state index contributed by atoms with van der Waals surface area (Å²) in [6.07, 6.45) is 0. The lowest BCUT2D eigenvalue weighted by molar-refractivity contribution is 0.182. The van der Waals surface area contributed by atoms with E-state index >= 15 is 0 Å². The number of hydrogen-bond donors (Lipinski definition) is 2. The highest BCUT2D eigenvalue weighted by Gasteiger charge is 2.29. The summed E-state index contributed by atoms with van der Waals surface area (Å²) in [7, 11) is -2.34. The third-order valence-corrected chi connectivity index (χ3v) is 5.72. The van der Waals surface area contributed by atoms with Gasteiger partial charge in [0.2, 0.25) is 10.0 Å². The molecule has 5 nitrogen and oxygen atoms in total. The van der Waals surface area contributed by atoms with Gasteiger partial charge in [-0.2, -0.15) is 0 Å². The zero-order valence-corrected chi connectivity index (χ0v) is 15.4. The Morgan fingerprint density at radius 2 is 1.83 bits per heavy atom. The topological polar surface area (TPSA) is 81.4 Å². The zero-order valence-electron chi connectivity index (χ0n) is 13.8. The highest BCUT2D eigenvalue weighted by atomic mass is 35.5. The van der Waals surface area contributed by atoms with E-state index in [9.17, 15) is 8.42 Å². The average Bonchev–Trinajstić information content (AvgIpc) is 2.50. The van der Waals surface area contributed by atoms with Crippen molar-refractivity contribution in [1.29, 1.82) is 0 Å². The van der Waals surface area contributed by atoms with Crippen molar-refractivity contribution in [3.8, 4) is 0 Å². The number of ether oxygens (including phenoxy) is 1. The lowest BCUT2D eigenvalue weighted by atomic mass is 9.96. The Bertz CT molecular complexity index is 821. The van der Waals surface area contributed by atoms with E-state index in [2.05, 4.69) is 4.72 Å². The first-order valence-corrected chi connectivity index (χ1v) is 9.20. The van der Waals surface area contributed by atoms with Crippen LogP contribution in [-0.4, -0.2) is 15.5 Å². The van der Waals surface area contributed by atoms with E-state index in [0.717, 1.165) is 5.56 Å². The van der Waals surface area contributed by atoms with Crippen LogP contribution in [0.3, 0.4) is 0 Å². The molecule has 0 aliphatic carbocycles. The molecule has 0 heterocycles. The molecule has 2 rings (SSSR count). The molecule has 24 heavy (non-hydrogen) atoms. The van der Waals surface area contributed by atoms with Gasteiger partial charge in [0.15, 0.2) is 0 Å². The van der Waals surface area contributed by atoms with E-state index in [0.29, 0.717) is 10.6 Å². The third kappa shape index (κ3) is 4.08. The molecule has 7 heteroatoms. The summed E-state index contributed by atoms with van der Waals surface area (Å²) in [5, 5.41) is 0.295. The van der Waals surface area contributed by atoms with Crippen molar-refractivity contribution in [1.82, 2.24) is 4.72 Å². The number of halogens is 1. The fourth-order valence-corrected chi connectivity index (χ4v) is 4.26. The van der Waals surface area contributed by atoms with Gasteiger partial charge in [-0.1, -0.05) is 41.9 Å². The molecule has 0 spiro atoms. The molecular weight excluding hydrogens is 348 g/mol. The van der Waals surface area contributed by atoms with Gasteiger partial charge < -0.3 is 10.5 Å². The minimum atomic E-state index is -3.83. The summed E-state index contributed by atoms with van der Waals surface area (Å²) in [6, 6.07) is 12.2. The molecule has 0 saturated carbocycles. The van der Waals surface area contributed by atoms with E-state index in [-0.39, 0.29) is 17.2 Å². The Morgan fingerprint density at radius 3 is 2.42 bits per heavy atom. The lowest BCUT2D eigenvalue weighted by Crippen LogP contribution is -2.41. The van der Waals surface area contributed by atoms with E-state index in [1.165, 1.54) is 19.2 Å². The Balaban J connectivity index is 2.46. The van der Waals surface area contributed by atoms with Gasteiger partial charge in [0.25, 0.3) is 0 Å². The van der Waals surface area contributed by atoms with Crippen molar-refractivity contribution in [3.63, 3.8) is 0 Å². The number of nitrogen functional groups attached to an aromatic ring is 1. The van der Waals surface area contributed by atoms with E-state index < -0.39 is 15.6 Å². The zero-order chi connectivity index (χ0) is 18.0. The maximum absolute atomic E-state index is 12.9. The van der Waals surface area contributed by atoms with Crippen LogP contribution in [0.25, 0.3) is 0 Å². The summed E-state index contributed by atoms with van der Waals surface area (Å²) in [5.74, 6) is 0. The molecule has 0 fully saturated rings. The van der Waals surface area contributed by atoms with Gasteiger partial charge in [-0.15, -0.1) is 0 Å². The van der Waals surface area contributed by atoms with Gasteiger partial charge in [-0.3, -0.25) is 0 Å². The average molecular weight is 369 g/mol. The van der Waals surface area contributed by atoms with Gasteiger partial charge in [0.1, 0.15) is 0 Å². The fourth-order valence-electron chi connectivity index (χ4n) is 2.43. The quantitative estimate of drug-likeness (QED) is 0.766. The second-order valence-corrected chi connectivity index (χ2v) is 8.07. The molecule has 0 saturated heterocycles. The first-order chi connectivity index (χ1) is 11.2. The summed E-state index contributed by atoms with van der Waals surface area (Å²) >= 11 is 6.00. The van der Waals surface area contributed by atoms with Gasteiger partial charge >= 0.3 is 0 Å². The second-order valence-electron chi connectivity index (χ2n) is 6.01. The maximum atomic E-state index is 12.9. The normalized spacial score (nSPS) is 12.3.